The quantitative estimate of drug-likeness (QED) is 0.485. The standard InChI is InChI=1S/C18H23FN4O2S/c1-3-21-18(23-10-15-6-7-16(25-15)17(20)24)22-9-12-4-5-14(19)8-13(12)11-26-2/h4-8H,3,9-11H2,1-2H3,(H2,20,24)(H2,21,22,23). The van der Waals surface area contributed by atoms with Crippen LogP contribution in [0.5, 0.6) is 0 Å². The van der Waals surface area contributed by atoms with Crippen molar-refractivity contribution in [2.24, 2.45) is 10.7 Å². The monoisotopic (exact) mass is 378 g/mol. The van der Waals surface area contributed by atoms with Crippen molar-refractivity contribution < 1.29 is 13.6 Å². The maximum Gasteiger partial charge on any atom is 0.284 e. The van der Waals surface area contributed by atoms with E-state index in [9.17, 15) is 9.18 Å². The molecule has 0 radical (unpaired) electrons. The first kappa shape index (κ1) is 19.8. The minimum atomic E-state index is -0.602. The minimum Gasteiger partial charge on any atom is -0.454 e. The molecule has 0 aliphatic carbocycles. The van der Waals surface area contributed by atoms with E-state index < -0.39 is 5.91 Å². The third-order valence-corrected chi connectivity index (χ3v) is 4.15. The minimum absolute atomic E-state index is 0.122. The normalized spacial score (nSPS) is 11.4. The summed E-state index contributed by atoms with van der Waals surface area (Å²) < 4.78 is 18.8. The summed E-state index contributed by atoms with van der Waals surface area (Å²) >= 11 is 1.64. The number of rotatable bonds is 8. The van der Waals surface area contributed by atoms with Gasteiger partial charge in [-0.25, -0.2) is 9.38 Å². The number of primary amides is 1. The second kappa shape index (κ2) is 9.86. The Morgan fingerprint density at radius 1 is 1.27 bits per heavy atom. The number of nitrogens with one attached hydrogen (secondary N) is 2. The van der Waals surface area contributed by atoms with Gasteiger partial charge in [0.25, 0.3) is 5.91 Å². The van der Waals surface area contributed by atoms with Crippen LogP contribution in [0.3, 0.4) is 0 Å². The van der Waals surface area contributed by atoms with Crippen molar-refractivity contribution in [3.05, 3.63) is 58.8 Å². The summed E-state index contributed by atoms with van der Waals surface area (Å²) in [7, 11) is 0. The van der Waals surface area contributed by atoms with Crippen molar-refractivity contribution in [3.63, 3.8) is 0 Å². The Balaban J connectivity index is 2.05. The molecule has 1 aromatic heterocycles. The lowest BCUT2D eigenvalue weighted by Crippen LogP contribution is -2.36. The summed E-state index contributed by atoms with van der Waals surface area (Å²) in [6.07, 6.45) is 1.98. The number of guanidine groups is 1. The molecule has 0 bridgehead atoms. The molecule has 1 aromatic carbocycles. The Kier molecular flexibility index (Phi) is 7.53. The van der Waals surface area contributed by atoms with Crippen LogP contribution in [0.25, 0.3) is 0 Å². The second-order valence-corrected chi connectivity index (χ2v) is 6.39. The maximum atomic E-state index is 13.4. The number of carbonyl (C=O) groups is 1. The van der Waals surface area contributed by atoms with Gasteiger partial charge >= 0.3 is 0 Å². The molecule has 140 valence electrons. The summed E-state index contributed by atoms with van der Waals surface area (Å²) in [5.74, 6) is 1.19. The fraction of sp³-hybridized carbons (Fsp3) is 0.333. The van der Waals surface area contributed by atoms with Gasteiger partial charge in [0.2, 0.25) is 0 Å². The highest BCUT2D eigenvalue weighted by Crippen LogP contribution is 2.17. The largest absolute Gasteiger partial charge is 0.454 e. The maximum absolute atomic E-state index is 13.4. The molecule has 8 heteroatoms. The smallest absolute Gasteiger partial charge is 0.284 e. The van der Waals surface area contributed by atoms with Crippen LogP contribution in [0.4, 0.5) is 4.39 Å². The lowest BCUT2D eigenvalue weighted by molar-refractivity contribution is 0.0972. The van der Waals surface area contributed by atoms with Crippen molar-refractivity contribution in [2.75, 3.05) is 12.8 Å². The SMILES string of the molecule is CCNC(=NCc1ccc(F)cc1CSC)NCc1ccc(C(N)=O)o1. The van der Waals surface area contributed by atoms with Crippen LogP contribution in [0, 0.1) is 5.82 Å². The molecule has 4 N–H and O–H groups in total. The number of benzene rings is 1. The van der Waals surface area contributed by atoms with Crippen LogP contribution in [0.2, 0.25) is 0 Å². The van der Waals surface area contributed by atoms with Gasteiger partial charge in [-0.05, 0) is 48.6 Å². The lowest BCUT2D eigenvalue weighted by atomic mass is 10.1. The summed E-state index contributed by atoms with van der Waals surface area (Å²) in [6.45, 7) is 3.44. The number of nitrogens with two attached hydrogens (primary N) is 1. The fourth-order valence-electron chi connectivity index (χ4n) is 2.32. The molecule has 6 nitrogen and oxygen atoms in total. The van der Waals surface area contributed by atoms with E-state index >= 15 is 0 Å². The lowest BCUT2D eigenvalue weighted by Gasteiger charge is -2.11. The Morgan fingerprint density at radius 3 is 2.73 bits per heavy atom. The van der Waals surface area contributed by atoms with E-state index in [0.717, 1.165) is 16.9 Å². The number of carbonyl (C=O) groups excluding carboxylic acids is 1. The molecule has 0 unspecified atom stereocenters. The van der Waals surface area contributed by atoms with Crippen molar-refractivity contribution in [1.82, 2.24) is 10.6 Å². The Bertz CT molecular complexity index is 776. The number of thioether (sulfide) groups is 1. The number of aliphatic imine (C=N–C) groups is 1. The number of amides is 1. The predicted octanol–water partition coefficient (Wildman–Crippen LogP) is 2.64. The number of furan rings is 1. The Labute approximate surface area is 156 Å². The van der Waals surface area contributed by atoms with E-state index in [1.165, 1.54) is 12.1 Å². The second-order valence-electron chi connectivity index (χ2n) is 5.52. The van der Waals surface area contributed by atoms with E-state index in [4.69, 9.17) is 10.2 Å². The average Bonchev–Trinajstić information content (AvgIpc) is 3.08. The van der Waals surface area contributed by atoms with Crippen molar-refractivity contribution in [2.45, 2.75) is 25.8 Å². The average molecular weight is 378 g/mol. The molecular weight excluding hydrogens is 355 g/mol. The fourth-order valence-corrected chi connectivity index (χ4v) is 2.90. The van der Waals surface area contributed by atoms with E-state index in [1.807, 2.05) is 13.2 Å². The van der Waals surface area contributed by atoms with Crippen LogP contribution >= 0.6 is 11.8 Å². The van der Waals surface area contributed by atoms with E-state index in [-0.39, 0.29) is 11.6 Å². The third kappa shape index (κ3) is 5.80. The molecule has 0 aliphatic rings. The molecule has 1 amide bonds. The van der Waals surface area contributed by atoms with Gasteiger partial charge in [0.05, 0.1) is 13.1 Å². The van der Waals surface area contributed by atoms with Crippen LogP contribution in [-0.4, -0.2) is 24.7 Å². The summed E-state index contributed by atoms with van der Waals surface area (Å²) in [5, 5.41) is 6.28. The van der Waals surface area contributed by atoms with Crippen LogP contribution in [0.15, 0.2) is 39.7 Å². The molecule has 26 heavy (non-hydrogen) atoms. The van der Waals surface area contributed by atoms with Gasteiger partial charge in [-0.15, -0.1) is 0 Å². The molecule has 2 rings (SSSR count). The number of nitrogens with zero attached hydrogens (tertiary/aromatic N) is 1. The van der Waals surface area contributed by atoms with Gasteiger partial charge in [0, 0.05) is 12.3 Å². The van der Waals surface area contributed by atoms with E-state index in [0.29, 0.717) is 31.4 Å². The number of halogens is 1. The predicted molar refractivity (Wildman–Crippen MR) is 103 cm³/mol. The van der Waals surface area contributed by atoms with Crippen LogP contribution < -0.4 is 16.4 Å². The van der Waals surface area contributed by atoms with Crippen molar-refractivity contribution in [3.8, 4) is 0 Å². The van der Waals surface area contributed by atoms with Crippen molar-refractivity contribution >= 4 is 23.6 Å². The van der Waals surface area contributed by atoms with Crippen LogP contribution in [-0.2, 0) is 18.8 Å². The van der Waals surface area contributed by atoms with Gasteiger partial charge < -0.3 is 20.8 Å². The first-order chi connectivity index (χ1) is 12.5. The van der Waals surface area contributed by atoms with E-state index in [2.05, 4.69) is 15.6 Å². The highest BCUT2D eigenvalue weighted by Gasteiger charge is 2.08. The van der Waals surface area contributed by atoms with E-state index in [1.54, 1.807) is 30.0 Å². The Morgan fingerprint density at radius 2 is 2.08 bits per heavy atom. The molecule has 0 saturated heterocycles. The molecule has 0 atom stereocenters. The van der Waals surface area contributed by atoms with Gasteiger partial charge in [-0.3, -0.25) is 4.79 Å². The van der Waals surface area contributed by atoms with Crippen LogP contribution in [0.1, 0.15) is 34.4 Å². The molecule has 0 spiro atoms. The first-order valence-corrected chi connectivity index (χ1v) is 9.59. The van der Waals surface area contributed by atoms with Gasteiger partial charge in [-0.2, -0.15) is 11.8 Å². The first-order valence-electron chi connectivity index (χ1n) is 8.20. The zero-order chi connectivity index (χ0) is 18.9. The topological polar surface area (TPSA) is 92.6 Å². The third-order valence-electron chi connectivity index (χ3n) is 3.55. The molecule has 0 aliphatic heterocycles. The van der Waals surface area contributed by atoms with Gasteiger partial charge in [-0.1, -0.05) is 6.07 Å². The number of hydrogen-bond donors (Lipinski definition) is 3. The van der Waals surface area contributed by atoms with Gasteiger partial charge in [0.15, 0.2) is 11.7 Å². The molecule has 0 saturated carbocycles. The molecular formula is C18H23FN4O2S. The zero-order valence-corrected chi connectivity index (χ0v) is 15.7. The number of hydrogen-bond acceptors (Lipinski definition) is 4. The molecule has 0 fully saturated rings. The highest BCUT2D eigenvalue weighted by atomic mass is 32.2. The molecule has 2 aromatic rings. The summed E-state index contributed by atoms with van der Waals surface area (Å²) in [5.41, 5.74) is 7.09. The summed E-state index contributed by atoms with van der Waals surface area (Å²) in [6, 6.07) is 7.99. The Hall–Kier alpha value is -2.48. The highest BCUT2D eigenvalue weighted by molar-refractivity contribution is 7.97. The van der Waals surface area contributed by atoms with Crippen molar-refractivity contribution in [1.29, 1.82) is 0 Å². The zero-order valence-electron chi connectivity index (χ0n) is 14.8. The summed E-state index contributed by atoms with van der Waals surface area (Å²) in [4.78, 5) is 15.6. The molecule has 1 heterocycles. The van der Waals surface area contributed by atoms with Gasteiger partial charge in [0.1, 0.15) is 11.6 Å².